The summed E-state index contributed by atoms with van der Waals surface area (Å²) in [7, 11) is 1.60. The molecular weight excluding hydrogens is 271 g/mol. The van der Waals surface area contributed by atoms with Crippen LogP contribution in [0.4, 0.5) is 4.39 Å². The van der Waals surface area contributed by atoms with Crippen molar-refractivity contribution in [3.8, 4) is 22.9 Å². The summed E-state index contributed by atoms with van der Waals surface area (Å²) in [6, 6.07) is 13.5. The number of ether oxygens (including phenoxy) is 2. The molecule has 5 heteroatoms. The van der Waals surface area contributed by atoms with E-state index in [4.69, 9.17) is 9.47 Å². The molecule has 0 saturated heterocycles. The predicted molar refractivity (Wildman–Crippen MR) is 76.6 cm³/mol. The van der Waals surface area contributed by atoms with Crippen molar-refractivity contribution in [3.63, 3.8) is 0 Å². The van der Waals surface area contributed by atoms with Crippen LogP contribution in [-0.4, -0.2) is 16.9 Å². The second-order valence-corrected chi connectivity index (χ2v) is 4.35. The van der Waals surface area contributed by atoms with Crippen molar-refractivity contribution in [2.75, 3.05) is 7.11 Å². The highest BCUT2D eigenvalue weighted by molar-refractivity contribution is 5.46. The molecule has 0 N–H and O–H groups in total. The van der Waals surface area contributed by atoms with Crippen molar-refractivity contribution in [1.82, 2.24) is 9.78 Å². The summed E-state index contributed by atoms with van der Waals surface area (Å²) in [5, 5.41) is 4.23. The molecule has 0 fully saturated rings. The number of benzene rings is 2. The van der Waals surface area contributed by atoms with E-state index in [-0.39, 0.29) is 5.82 Å². The molecule has 3 rings (SSSR count). The Morgan fingerprint density at radius 3 is 2.71 bits per heavy atom. The first-order chi connectivity index (χ1) is 10.3. The van der Waals surface area contributed by atoms with E-state index in [0.717, 1.165) is 5.69 Å². The van der Waals surface area contributed by atoms with Gasteiger partial charge in [-0.1, -0.05) is 18.2 Å². The predicted octanol–water partition coefficient (Wildman–Crippen LogP) is 3.81. The Labute approximate surface area is 121 Å². The van der Waals surface area contributed by atoms with Gasteiger partial charge < -0.3 is 9.47 Å². The maximum absolute atomic E-state index is 13.1. The first-order valence-corrected chi connectivity index (χ1v) is 6.38. The van der Waals surface area contributed by atoms with E-state index in [0.29, 0.717) is 17.2 Å². The van der Waals surface area contributed by atoms with Gasteiger partial charge >= 0.3 is 0 Å². The van der Waals surface area contributed by atoms with E-state index in [1.807, 2.05) is 24.3 Å². The summed E-state index contributed by atoms with van der Waals surface area (Å²) in [5.41, 5.74) is 0.800. The van der Waals surface area contributed by atoms with E-state index in [1.165, 1.54) is 12.1 Å². The molecule has 0 bridgehead atoms. The quantitative estimate of drug-likeness (QED) is 0.731. The Hall–Kier alpha value is -2.82. The molecule has 1 heterocycles. The normalized spacial score (nSPS) is 10.4. The maximum Gasteiger partial charge on any atom is 0.165 e. The molecule has 21 heavy (non-hydrogen) atoms. The van der Waals surface area contributed by atoms with E-state index in [2.05, 4.69) is 5.10 Å². The zero-order valence-corrected chi connectivity index (χ0v) is 11.4. The molecule has 3 aromatic rings. The number of rotatable bonds is 4. The SMILES string of the molecule is COc1ccccc1-n1cc(Oc2cccc(F)c2)cn1. The van der Waals surface area contributed by atoms with Crippen LogP contribution in [0.1, 0.15) is 0 Å². The second-order valence-electron chi connectivity index (χ2n) is 4.35. The van der Waals surface area contributed by atoms with Crippen LogP contribution in [0.25, 0.3) is 5.69 Å². The highest BCUT2D eigenvalue weighted by Gasteiger charge is 2.07. The smallest absolute Gasteiger partial charge is 0.165 e. The summed E-state index contributed by atoms with van der Waals surface area (Å²) in [6.07, 6.45) is 3.28. The third kappa shape index (κ3) is 2.86. The van der Waals surface area contributed by atoms with Crippen LogP contribution in [0.5, 0.6) is 17.2 Å². The number of hydrogen-bond acceptors (Lipinski definition) is 3. The lowest BCUT2D eigenvalue weighted by Gasteiger charge is -2.07. The Morgan fingerprint density at radius 2 is 1.90 bits per heavy atom. The summed E-state index contributed by atoms with van der Waals surface area (Å²) < 4.78 is 25.6. The van der Waals surface area contributed by atoms with Crippen molar-refractivity contribution < 1.29 is 13.9 Å². The molecule has 0 aliphatic heterocycles. The largest absolute Gasteiger partial charge is 0.494 e. The first kappa shape index (κ1) is 13.2. The summed E-state index contributed by atoms with van der Waals surface area (Å²) in [5.74, 6) is 1.31. The molecule has 0 spiro atoms. The molecule has 0 unspecified atom stereocenters. The average Bonchev–Trinajstić information content (AvgIpc) is 2.95. The molecule has 0 aliphatic rings. The summed E-state index contributed by atoms with van der Waals surface area (Å²) >= 11 is 0. The lowest BCUT2D eigenvalue weighted by molar-refractivity contribution is 0.411. The van der Waals surface area contributed by atoms with Crippen molar-refractivity contribution in [3.05, 3.63) is 66.7 Å². The molecule has 0 radical (unpaired) electrons. The van der Waals surface area contributed by atoms with Gasteiger partial charge in [0.2, 0.25) is 0 Å². The van der Waals surface area contributed by atoms with Gasteiger partial charge in [-0.25, -0.2) is 9.07 Å². The van der Waals surface area contributed by atoms with Gasteiger partial charge in [0.25, 0.3) is 0 Å². The standard InChI is InChI=1S/C16H13FN2O2/c1-20-16-8-3-2-7-15(16)19-11-14(10-18-19)21-13-6-4-5-12(17)9-13/h2-11H,1H3. The van der Waals surface area contributed by atoms with Crippen LogP contribution in [0.15, 0.2) is 60.9 Å². The Morgan fingerprint density at radius 1 is 1.05 bits per heavy atom. The van der Waals surface area contributed by atoms with Crippen LogP contribution < -0.4 is 9.47 Å². The summed E-state index contributed by atoms with van der Waals surface area (Å²) in [4.78, 5) is 0. The molecule has 106 valence electrons. The number of para-hydroxylation sites is 2. The lowest BCUT2D eigenvalue weighted by Crippen LogP contribution is -1.97. The van der Waals surface area contributed by atoms with Crippen molar-refractivity contribution in [2.45, 2.75) is 0 Å². The fraction of sp³-hybridized carbons (Fsp3) is 0.0625. The second kappa shape index (κ2) is 5.66. The van der Waals surface area contributed by atoms with Gasteiger partial charge in [0.05, 0.1) is 19.5 Å². The first-order valence-electron chi connectivity index (χ1n) is 6.38. The van der Waals surface area contributed by atoms with Crippen molar-refractivity contribution >= 4 is 0 Å². The van der Waals surface area contributed by atoms with Gasteiger partial charge in [-0.2, -0.15) is 5.10 Å². The van der Waals surface area contributed by atoms with E-state index < -0.39 is 0 Å². The number of methoxy groups -OCH3 is 1. The molecule has 0 amide bonds. The lowest BCUT2D eigenvalue weighted by atomic mass is 10.3. The van der Waals surface area contributed by atoms with Gasteiger partial charge in [0, 0.05) is 6.07 Å². The average molecular weight is 284 g/mol. The van der Waals surface area contributed by atoms with Crippen molar-refractivity contribution in [1.29, 1.82) is 0 Å². The third-order valence-electron chi connectivity index (χ3n) is 2.92. The van der Waals surface area contributed by atoms with Crippen LogP contribution >= 0.6 is 0 Å². The van der Waals surface area contributed by atoms with E-state index in [9.17, 15) is 4.39 Å². The molecule has 0 atom stereocenters. The monoisotopic (exact) mass is 284 g/mol. The van der Waals surface area contributed by atoms with Crippen LogP contribution in [-0.2, 0) is 0 Å². The Balaban J connectivity index is 1.86. The van der Waals surface area contributed by atoms with Gasteiger partial charge in [-0.05, 0) is 24.3 Å². The van der Waals surface area contributed by atoms with Gasteiger partial charge in [0.15, 0.2) is 5.75 Å². The van der Waals surface area contributed by atoms with Gasteiger partial charge in [-0.15, -0.1) is 0 Å². The minimum Gasteiger partial charge on any atom is -0.494 e. The third-order valence-corrected chi connectivity index (χ3v) is 2.92. The number of aromatic nitrogens is 2. The highest BCUT2D eigenvalue weighted by Crippen LogP contribution is 2.25. The number of nitrogens with zero attached hydrogens (tertiary/aromatic N) is 2. The Kier molecular flexibility index (Phi) is 3.55. The Bertz CT molecular complexity index is 755. The summed E-state index contributed by atoms with van der Waals surface area (Å²) in [6.45, 7) is 0. The minimum atomic E-state index is -0.343. The zero-order valence-electron chi connectivity index (χ0n) is 11.4. The molecule has 4 nitrogen and oxygen atoms in total. The van der Waals surface area contributed by atoms with E-state index >= 15 is 0 Å². The van der Waals surface area contributed by atoms with Crippen LogP contribution in [0.3, 0.4) is 0 Å². The topological polar surface area (TPSA) is 36.3 Å². The number of halogens is 1. The zero-order chi connectivity index (χ0) is 14.7. The highest BCUT2D eigenvalue weighted by atomic mass is 19.1. The fourth-order valence-electron chi connectivity index (χ4n) is 1.98. The molecule has 2 aromatic carbocycles. The molecule has 1 aromatic heterocycles. The molecule has 0 aliphatic carbocycles. The molecule has 0 saturated carbocycles. The maximum atomic E-state index is 13.1. The van der Waals surface area contributed by atoms with Gasteiger partial charge in [-0.3, -0.25) is 0 Å². The number of hydrogen-bond donors (Lipinski definition) is 0. The minimum absolute atomic E-state index is 0.343. The van der Waals surface area contributed by atoms with Crippen LogP contribution in [0, 0.1) is 5.82 Å². The van der Waals surface area contributed by atoms with E-state index in [1.54, 1.807) is 36.3 Å². The molecular formula is C16H13FN2O2. The van der Waals surface area contributed by atoms with Crippen molar-refractivity contribution in [2.24, 2.45) is 0 Å². The fourth-order valence-corrected chi connectivity index (χ4v) is 1.98. The van der Waals surface area contributed by atoms with Crippen LogP contribution in [0.2, 0.25) is 0 Å². The van der Waals surface area contributed by atoms with Gasteiger partial charge in [0.1, 0.15) is 23.0 Å².